The van der Waals surface area contributed by atoms with E-state index in [1.54, 1.807) is 0 Å². The number of aliphatic hydroxyl groups is 2. The lowest BCUT2D eigenvalue weighted by Gasteiger charge is -2.16. The molecule has 8 nitrogen and oxygen atoms in total. The molecule has 2 heterocycles. The van der Waals surface area contributed by atoms with Gasteiger partial charge in [-0.1, -0.05) is 0 Å². The molecule has 0 bridgehead atoms. The molecule has 0 amide bonds. The van der Waals surface area contributed by atoms with Crippen molar-refractivity contribution < 1.29 is 14.9 Å². The number of aliphatic imine (C=N–C) groups is 1. The Morgan fingerprint density at radius 3 is 2.89 bits per heavy atom. The predicted octanol–water partition coefficient (Wildman–Crippen LogP) is -1.74. The van der Waals surface area contributed by atoms with E-state index in [0.29, 0.717) is 0 Å². The Kier molecular flexibility index (Phi) is 4.03. The fourth-order valence-electron chi connectivity index (χ4n) is 1.94. The highest BCUT2D eigenvalue weighted by molar-refractivity contribution is 7.78. The molecule has 0 saturated carbocycles. The third-order valence-corrected chi connectivity index (χ3v) is 2.95. The first-order chi connectivity index (χ1) is 9.08. The molecule has 1 saturated heterocycles. The molecule has 19 heavy (non-hydrogen) atoms. The fraction of sp³-hybridized carbons (Fsp3) is 0.500. The maximum Gasteiger partial charge on any atom is 0.330 e. The highest BCUT2D eigenvalue weighted by Gasteiger charge is 2.44. The van der Waals surface area contributed by atoms with Crippen LogP contribution in [0.1, 0.15) is 6.23 Å². The van der Waals surface area contributed by atoms with Crippen LogP contribution in [0, 0.1) is 0 Å². The van der Waals surface area contributed by atoms with Gasteiger partial charge in [0, 0.05) is 12.3 Å². The summed E-state index contributed by atoms with van der Waals surface area (Å²) in [5, 5.41) is 21.1. The Hall–Kier alpha value is -1.64. The Bertz CT molecular complexity index is 620. The summed E-state index contributed by atoms with van der Waals surface area (Å²) < 4.78 is 6.43. The van der Waals surface area contributed by atoms with Crippen molar-refractivity contribution in [3.05, 3.63) is 33.1 Å². The van der Waals surface area contributed by atoms with Gasteiger partial charge in [-0.25, -0.2) is 9.79 Å². The van der Waals surface area contributed by atoms with Crippen molar-refractivity contribution in [3.8, 4) is 0 Å². The van der Waals surface area contributed by atoms with Crippen LogP contribution in [-0.2, 0) is 4.74 Å². The lowest BCUT2D eigenvalue weighted by atomic mass is 10.1. The predicted molar refractivity (Wildman–Crippen MR) is 67.1 cm³/mol. The first-order valence-corrected chi connectivity index (χ1v) is 5.82. The number of aliphatic hydroxyl groups excluding tert-OH is 2. The summed E-state index contributed by atoms with van der Waals surface area (Å²) in [5.74, 6) is 0. The highest BCUT2D eigenvalue weighted by Crippen LogP contribution is 2.30. The molecule has 2 rings (SSSR count). The van der Waals surface area contributed by atoms with Crippen LogP contribution >= 0.6 is 12.2 Å². The van der Waals surface area contributed by atoms with Gasteiger partial charge in [-0.15, -0.1) is 0 Å². The van der Waals surface area contributed by atoms with Crippen LogP contribution in [0.4, 0.5) is 0 Å². The van der Waals surface area contributed by atoms with E-state index in [-0.39, 0.29) is 0 Å². The minimum atomic E-state index is -1.12. The Balaban J connectivity index is 2.44. The molecule has 1 fully saturated rings. The van der Waals surface area contributed by atoms with Crippen LogP contribution in [0.25, 0.3) is 0 Å². The number of hydrogen-bond acceptors (Lipinski definition) is 7. The second kappa shape index (κ2) is 5.55. The molecular formula is C10H11N3O5S. The molecule has 1 aromatic heterocycles. The maximum absolute atomic E-state index is 11.7. The standard InChI is InChI=1S/C10H11N3O5S/c14-3-5-8(16)7(11-4-19)9(18-5)13-2-1-6(15)12-10(13)17/h1-2,5,7-9,14,16H,3H2,(H,12,15,17)/t5-,7-,8-,9-/m1/s1. The van der Waals surface area contributed by atoms with Crippen molar-refractivity contribution >= 4 is 17.4 Å². The number of aromatic amines is 1. The summed E-state index contributed by atoms with van der Waals surface area (Å²) in [7, 11) is 0. The van der Waals surface area contributed by atoms with E-state index in [1.165, 1.54) is 6.20 Å². The van der Waals surface area contributed by atoms with Crippen molar-refractivity contribution in [2.75, 3.05) is 6.61 Å². The van der Waals surface area contributed by atoms with E-state index in [2.05, 4.69) is 27.4 Å². The van der Waals surface area contributed by atoms with Gasteiger partial charge in [-0.3, -0.25) is 14.3 Å². The van der Waals surface area contributed by atoms with Gasteiger partial charge in [0.2, 0.25) is 0 Å². The molecule has 9 heteroatoms. The molecule has 4 atom stereocenters. The smallest absolute Gasteiger partial charge is 0.330 e. The minimum Gasteiger partial charge on any atom is -0.394 e. The van der Waals surface area contributed by atoms with Gasteiger partial charge >= 0.3 is 5.69 Å². The van der Waals surface area contributed by atoms with Crippen LogP contribution in [0.5, 0.6) is 0 Å². The van der Waals surface area contributed by atoms with E-state index >= 15 is 0 Å². The maximum atomic E-state index is 11.7. The largest absolute Gasteiger partial charge is 0.394 e. The van der Waals surface area contributed by atoms with Crippen molar-refractivity contribution in [2.24, 2.45) is 4.99 Å². The number of thiocarbonyl (C=S) groups is 1. The molecule has 3 N–H and O–H groups in total. The lowest BCUT2D eigenvalue weighted by molar-refractivity contribution is -0.0464. The zero-order valence-electron chi connectivity index (χ0n) is 9.59. The van der Waals surface area contributed by atoms with E-state index in [0.717, 1.165) is 10.6 Å². The van der Waals surface area contributed by atoms with E-state index < -0.39 is 42.3 Å². The van der Waals surface area contributed by atoms with Gasteiger partial charge in [0.05, 0.1) is 11.8 Å². The summed E-state index contributed by atoms with van der Waals surface area (Å²) in [6.07, 6.45) is -1.75. The number of H-pyrrole nitrogens is 1. The molecule has 0 unspecified atom stereocenters. The van der Waals surface area contributed by atoms with Gasteiger partial charge in [0.25, 0.3) is 5.56 Å². The monoisotopic (exact) mass is 285 g/mol. The average molecular weight is 285 g/mol. The normalized spacial score (nSPS) is 30.0. The van der Waals surface area contributed by atoms with Crippen molar-refractivity contribution in [2.45, 2.75) is 24.5 Å². The molecule has 0 spiro atoms. The lowest BCUT2D eigenvalue weighted by Crippen LogP contribution is -2.36. The molecule has 1 aliphatic rings. The summed E-state index contributed by atoms with van der Waals surface area (Å²) in [6.45, 7) is -0.431. The summed E-state index contributed by atoms with van der Waals surface area (Å²) in [6, 6.07) is 0.264. The third-order valence-electron chi connectivity index (χ3n) is 2.84. The molecule has 1 aromatic rings. The first-order valence-electron chi connectivity index (χ1n) is 5.41. The summed E-state index contributed by atoms with van der Waals surface area (Å²) in [4.78, 5) is 28.5. The van der Waals surface area contributed by atoms with Crippen LogP contribution in [-0.4, -0.2) is 49.8 Å². The highest BCUT2D eigenvalue weighted by atomic mass is 32.1. The number of rotatable bonds is 3. The average Bonchev–Trinajstić information content (AvgIpc) is 2.68. The number of isothiocyanates is 1. The first kappa shape index (κ1) is 13.8. The number of nitrogens with zero attached hydrogens (tertiary/aromatic N) is 2. The number of aromatic nitrogens is 2. The quantitative estimate of drug-likeness (QED) is 0.448. The number of ether oxygens (including phenoxy) is 1. The SMILES string of the molecule is O=c1ccn([C@@H]2O[C@H](CO)[C@@H](O)[C@H]2N=C=S)c(=O)[nH]1. The van der Waals surface area contributed by atoms with Gasteiger partial charge in [-0.2, -0.15) is 0 Å². The second-order valence-electron chi connectivity index (χ2n) is 3.97. The van der Waals surface area contributed by atoms with Crippen LogP contribution in [0.15, 0.2) is 26.8 Å². The second-order valence-corrected chi connectivity index (χ2v) is 4.15. The van der Waals surface area contributed by atoms with Crippen molar-refractivity contribution in [1.82, 2.24) is 9.55 Å². The van der Waals surface area contributed by atoms with Crippen molar-refractivity contribution in [1.29, 1.82) is 0 Å². The molecular weight excluding hydrogens is 274 g/mol. The fourth-order valence-corrected chi connectivity index (χ4v) is 2.06. The Morgan fingerprint density at radius 2 is 2.32 bits per heavy atom. The van der Waals surface area contributed by atoms with E-state index in [1.807, 2.05) is 0 Å². The van der Waals surface area contributed by atoms with Crippen LogP contribution in [0.2, 0.25) is 0 Å². The van der Waals surface area contributed by atoms with E-state index in [4.69, 9.17) is 9.84 Å². The van der Waals surface area contributed by atoms with E-state index in [9.17, 15) is 14.7 Å². The molecule has 0 aliphatic carbocycles. The van der Waals surface area contributed by atoms with Crippen LogP contribution in [0.3, 0.4) is 0 Å². The Morgan fingerprint density at radius 1 is 1.58 bits per heavy atom. The molecule has 102 valence electrons. The number of hydrogen-bond donors (Lipinski definition) is 3. The van der Waals surface area contributed by atoms with Crippen LogP contribution < -0.4 is 11.2 Å². The molecule has 1 aliphatic heterocycles. The van der Waals surface area contributed by atoms with Gasteiger partial charge in [0.1, 0.15) is 18.2 Å². The van der Waals surface area contributed by atoms with Gasteiger partial charge in [-0.05, 0) is 12.2 Å². The minimum absolute atomic E-state index is 0.431. The summed E-state index contributed by atoms with van der Waals surface area (Å²) in [5.41, 5.74) is -1.25. The number of nitrogens with one attached hydrogen (secondary N) is 1. The summed E-state index contributed by atoms with van der Waals surface area (Å²) >= 11 is 4.48. The zero-order valence-corrected chi connectivity index (χ0v) is 10.4. The third kappa shape index (κ3) is 2.55. The van der Waals surface area contributed by atoms with Gasteiger partial charge in [0.15, 0.2) is 6.23 Å². The molecule has 0 aromatic carbocycles. The zero-order chi connectivity index (χ0) is 14.0. The molecule has 0 radical (unpaired) electrons. The van der Waals surface area contributed by atoms with Gasteiger partial charge < -0.3 is 14.9 Å². The van der Waals surface area contributed by atoms with Crippen molar-refractivity contribution in [3.63, 3.8) is 0 Å². The Labute approximate surface area is 112 Å². The topological polar surface area (TPSA) is 117 Å².